The maximum absolute atomic E-state index is 11.0. The predicted octanol–water partition coefficient (Wildman–Crippen LogP) is 1.02. The molecule has 54 valence electrons. The van der Waals surface area contributed by atoms with Gasteiger partial charge in [-0.3, -0.25) is 4.48 Å². The third kappa shape index (κ3) is 2.14. The molecule has 9 heavy (non-hydrogen) atoms. The van der Waals surface area contributed by atoms with Crippen molar-refractivity contribution in [3.63, 3.8) is 0 Å². The van der Waals surface area contributed by atoms with Crippen LogP contribution in [0.3, 0.4) is 0 Å². The fourth-order valence-electron chi connectivity index (χ4n) is 0.604. The summed E-state index contributed by atoms with van der Waals surface area (Å²) in [4.78, 5) is 11.0. The van der Waals surface area contributed by atoms with Crippen molar-refractivity contribution in [3.05, 3.63) is 0 Å². The molecule has 0 heterocycles. The van der Waals surface area contributed by atoms with E-state index in [4.69, 9.17) is 0 Å². The molecular weight excluding hydrogens is 114 g/mol. The van der Waals surface area contributed by atoms with Gasteiger partial charge in [-0.15, -0.1) is 0 Å². The van der Waals surface area contributed by atoms with Crippen LogP contribution in [0.4, 0.5) is 0 Å². The number of rotatable bonds is 2. The Morgan fingerprint density at radius 3 is 1.89 bits per heavy atom. The van der Waals surface area contributed by atoms with Gasteiger partial charge in [-0.1, -0.05) is 6.92 Å². The van der Waals surface area contributed by atoms with Crippen molar-refractivity contribution in [1.29, 1.82) is 0 Å². The molecular formula is C7H16NO+. The molecule has 0 aromatic heterocycles. The molecule has 0 aliphatic rings. The molecule has 2 nitrogen and oxygen atoms in total. The number of hydrogen-bond donors (Lipinski definition) is 0. The van der Waals surface area contributed by atoms with Crippen LogP contribution >= 0.6 is 0 Å². The Balaban J connectivity index is 3.97. The van der Waals surface area contributed by atoms with E-state index in [1.165, 1.54) is 0 Å². The molecule has 0 aromatic carbocycles. The third-order valence-corrected chi connectivity index (χ3v) is 1.77. The van der Waals surface area contributed by atoms with Crippen molar-refractivity contribution in [2.24, 2.45) is 0 Å². The Morgan fingerprint density at radius 1 is 1.33 bits per heavy atom. The highest BCUT2D eigenvalue weighted by Gasteiger charge is 2.20. The number of nitrogens with zero attached hydrogens (tertiary/aromatic N) is 1. The van der Waals surface area contributed by atoms with Crippen molar-refractivity contribution in [2.75, 3.05) is 20.6 Å². The van der Waals surface area contributed by atoms with E-state index in [0.717, 1.165) is 6.54 Å². The van der Waals surface area contributed by atoms with Crippen molar-refractivity contribution in [1.82, 2.24) is 0 Å². The predicted molar refractivity (Wildman–Crippen MR) is 37.9 cm³/mol. The van der Waals surface area contributed by atoms with E-state index in [1.54, 1.807) is 0 Å². The van der Waals surface area contributed by atoms with E-state index in [9.17, 15) is 4.79 Å². The average Bonchev–Trinajstić information content (AvgIpc) is 1.86. The van der Waals surface area contributed by atoms with Gasteiger partial charge in [-0.25, -0.2) is 4.79 Å². The van der Waals surface area contributed by atoms with E-state index < -0.39 is 0 Å². The second-order valence-electron chi connectivity index (χ2n) is 2.75. The fourth-order valence-corrected chi connectivity index (χ4v) is 0.604. The Bertz CT molecular complexity index is 107. The molecule has 0 spiro atoms. The maximum atomic E-state index is 11.0. The van der Waals surface area contributed by atoms with E-state index >= 15 is 0 Å². The van der Waals surface area contributed by atoms with Gasteiger partial charge in [0.25, 0.3) is 0 Å². The van der Waals surface area contributed by atoms with Gasteiger partial charge in [0.15, 0.2) is 0 Å². The lowest BCUT2D eigenvalue weighted by Crippen LogP contribution is -2.44. The standard InChI is InChI=1S/C7H16NO/c1-5-7(9)8(3,4)6-2/h5-6H2,1-4H3/q+1. The summed E-state index contributed by atoms with van der Waals surface area (Å²) in [6.07, 6.45) is 0.640. The van der Waals surface area contributed by atoms with Crippen molar-refractivity contribution in [2.45, 2.75) is 20.3 Å². The molecule has 0 N–H and O–H groups in total. The Morgan fingerprint density at radius 2 is 1.78 bits per heavy atom. The third-order valence-electron chi connectivity index (χ3n) is 1.77. The smallest absolute Gasteiger partial charge is 0.266 e. The minimum Gasteiger partial charge on any atom is -0.266 e. The molecule has 0 aliphatic carbocycles. The zero-order chi connectivity index (χ0) is 7.49. The molecule has 2 heteroatoms. The van der Waals surface area contributed by atoms with Gasteiger partial charge < -0.3 is 0 Å². The summed E-state index contributed by atoms with van der Waals surface area (Å²) in [5.74, 6) is 0.303. The molecule has 0 radical (unpaired) electrons. The van der Waals surface area contributed by atoms with Gasteiger partial charge in [0.05, 0.1) is 27.1 Å². The van der Waals surface area contributed by atoms with Gasteiger partial charge in [-0.2, -0.15) is 0 Å². The quantitative estimate of drug-likeness (QED) is 0.510. The molecule has 0 atom stereocenters. The summed E-state index contributed by atoms with van der Waals surface area (Å²) in [6.45, 7) is 4.80. The summed E-state index contributed by atoms with van der Waals surface area (Å²) >= 11 is 0. The highest BCUT2D eigenvalue weighted by Crippen LogP contribution is 1.99. The van der Waals surface area contributed by atoms with Crippen LogP contribution < -0.4 is 0 Å². The Hall–Kier alpha value is -0.370. The van der Waals surface area contributed by atoms with Crippen LogP contribution in [-0.2, 0) is 4.79 Å². The lowest BCUT2D eigenvalue weighted by Gasteiger charge is -2.23. The van der Waals surface area contributed by atoms with Gasteiger partial charge in [0.2, 0.25) is 0 Å². The molecule has 0 aliphatic heterocycles. The van der Waals surface area contributed by atoms with Crippen LogP contribution in [0.1, 0.15) is 20.3 Å². The van der Waals surface area contributed by atoms with Crippen LogP contribution in [0, 0.1) is 0 Å². The first-order chi connectivity index (χ1) is 4.04. The topological polar surface area (TPSA) is 17.1 Å². The molecule has 0 saturated carbocycles. The normalized spacial score (nSPS) is 11.6. The SMILES string of the molecule is CCC(=O)[N+](C)(C)CC. The number of carbonyl (C=O) groups excluding carboxylic acids is 1. The molecule has 0 saturated heterocycles. The molecule has 0 unspecified atom stereocenters. The number of amides is 1. The van der Waals surface area contributed by atoms with E-state index in [-0.39, 0.29) is 0 Å². The van der Waals surface area contributed by atoms with Crippen LogP contribution in [0.25, 0.3) is 0 Å². The van der Waals surface area contributed by atoms with Gasteiger partial charge >= 0.3 is 5.91 Å². The first-order valence-corrected chi connectivity index (χ1v) is 3.41. The van der Waals surface area contributed by atoms with E-state index in [1.807, 2.05) is 27.9 Å². The summed E-state index contributed by atoms with van der Waals surface area (Å²) in [5, 5.41) is 0. The number of quaternary nitrogens is 1. The van der Waals surface area contributed by atoms with Gasteiger partial charge in [0, 0.05) is 0 Å². The molecule has 0 aromatic rings. The summed E-state index contributed by atoms with van der Waals surface area (Å²) < 4.78 is 0.510. The minimum absolute atomic E-state index is 0.303. The first kappa shape index (κ1) is 8.63. The summed E-state index contributed by atoms with van der Waals surface area (Å²) in [7, 11) is 3.87. The first-order valence-electron chi connectivity index (χ1n) is 3.41. The average molecular weight is 130 g/mol. The zero-order valence-corrected chi connectivity index (χ0v) is 6.77. The summed E-state index contributed by atoms with van der Waals surface area (Å²) in [6, 6.07) is 0. The monoisotopic (exact) mass is 130 g/mol. The van der Waals surface area contributed by atoms with E-state index in [0.29, 0.717) is 16.8 Å². The Kier molecular flexibility index (Phi) is 2.85. The second kappa shape index (κ2) is 2.97. The number of carbonyl (C=O) groups is 1. The molecule has 0 fully saturated rings. The van der Waals surface area contributed by atoms with Crippen LogP contribution in [-0.4, -0.2) is 31.0 Å². The van der Waals surface area contributed by atoms with Crippen LogP contribution in [0.2, 0.25) is 0 Å². The highest BCUT2D eigenvalue weighted by atomic mass is 16.2. The zero-order valence-electron chi connectivity index (χ0n) is 6.77. The highest BCUT2D eigenvalue weighted by molar-refractivity contribution is 5.68. The minimum atomic E-state index is 0.303. The fraction of sp³-hybridized carbons (Fsp3) is 0.857. The van der Waals surface area contributed by atoms with Crippen LogP contribution in [0.15, 0.2) is 0 Å². The van der Waals surface area contributed by atoms with Gasteiger partial charge in [0.1, 0.15) is 0 Å². The molecule has 0 rings (SSSR count). The molecule has 0 bridgehead atoms. The largest absolute Gasteiger partial charge is 0.312 e. The molecule has 1 amide bonds. The van der Waals surface area contributed by atoms with E-state index in [2.05, 4.69) is 0 Å². The van der Waals surface area contributed by atoms with Crippen molar-refractivity contribution >= 4 is 5.91 Å². The lowest BCUT2D eigenvalue weighted by molar-refractivity contribution is -0.811. The van der Waals surface area contributed by atoms with Gasteiger partial charge in [-0.05, 0) is 6.92 Å². The lowest BCUT2D eigenvalue weighted by atomic mass is 10.3. The van der Waals surface area contributed by atoms with Crippen molar-refractivity contribution < 1.29 is 9.28 Å². The maximum Gasteiger partial charge on any atom is 0.312 e. The van der Waals surface area contributed by atoms with Crippen molar-refractivity contribution in [3.8, 4) is 0 Å². The second-order valence-corrected chi connectivity index (χ2v) is 2.75. The Labute approximate surface area is 57.1 Å². The number of hydrogen-bond acceptors (Lipinski definition) is 1. The van der Waals surface area contributed by atoms with Crippen LogP contribution in [0.5, 0.6) is 0 Å². The summed E-state index contributed by atoms with van der Waals surface area (Å²) in [5.41, 5.74) is 0.